The maximum Gasteiger partial charge on any atom is 0.0539 e. The van der Waals surface area contributed by atoms with Crippen molar-refractivity contribution in [2.45, 2.75) is 13.1 Å². The molecular formula is C14H19ClN4. The lowest BCUT2D eigenvalue weighted by Crippen LogP contribution is -2.19. The lowest BCUT2D eigenvalue weighted by molar-refractivity contribution is 0.766. The Morgan fingerprint density at radius 1 is 1.42 bits per heavy atom. The van der Waals surface area contributed by atoms with Gasteiger partial charge in [-0.1, -0.05) is 11.6 Å². The summed E-state index contributed by atoms with van der Waals surface area (Å²) in [5, 5.41) is 8.13. The van der Waals surface area contributed by atoms with Crippen LogP contribution in [0.15, 0.2) is 30.6 Å². The molecule has 0 saturated carbocycles. The van der Waals surface area contributed by atoms with Gasteiger partial charge >= 0.3 is 0 Å². The van der Waals surface area contributed by atoms with Gasteiger partial charge in [0.15, 0.2) is 0 Å². The van der Waals surface area contributed by atoms with Gasteiger partial charge in [0.25, 0.3) is 0 Å². The van der Waals surface area contributed by atoms with Gasteiger partial charge in [0, 0.05) is 49.7 Å². The molecule has 0 unspecified atom stereocenters. The minimum atomic E-state index is 0.767. The lowest BCUT2D eigenvalue weighted by Gasteiger charge is -2.22. The molecule has 1 aromatic carbocycles. The standard InChI is InChI=1S/C14H19ClN4/c1-16-8-12-6-13(15)4-5-14(12)18(2)9-11-7-17-19(3)10-11/h4-7,10,16H,8-9H2,1-3H3. The molecule has 19 heavy (non-hydrogen) atoms. The van der Waals surface area contributed by atoms with Gasteiger partial charge in [0.2, 0.25) is 0 Å². The van der Waals surface area contributed by atoms with Crippen LogP contribution in [0.1, 0.15) is 11.1 Å². The molecule has 2 aromatic rings. The average molecular weight is 279 g/mol. The van der Waals surface area contributed by atoms with Crippen LogP contribution in [0.3, 0.4) is 0 Å². The minimum Gasteiger partial charge on any atom is -0.370 e. The number of hydrogen-bond donors (Lipinski definition) is 1. The molecule has 0 aliphatic carbocycles. The monoisotopic (exact) mass is 278 g/mol. The van der Waals surface area contributed by atoms with Gasteiger partial charge in [0.05, 0.1) is 6.20 Å². The average Bonchev–Trinajstić information content (AvgIpc) is 2.75. The number of benzene rings is 1. The first-order valence-electron chi connectivity index (χ1n) is 6.22. The van der Waals surface area contributed by atoms with Gasteiger partial charge < -0.3 is 10.2 Å². The Balaban J connectivity index is 2.20. The first-order valence-corrected chi connectivity index (χ1v) is 6.59. The molecule has 0 atom stereocenters. The first kappa shape index (κ1) is 13.9. The summed E-state index contributed by atoms with van der Waals surface area (Å²) in [6.45, 7) is 1.62. The molecule has 0 saturated heterocycles. The summed E-state index contributed by atoms with van der Waals surface area (Å²) in [7, 11) is 5.94. The predicted molar refractivity (Wildman–Crippen MR) is 79.5 cm³/mol. The SMILES string of the molecule is CNCc1cc(Cl)ccc1N(C)Cc1cnn(C)c1. The van der Waals surface area contributed by atoms with Gasteiger partial charge in [-0.15, -0.1) is 0 Å². The maximum absolute atomic E-state index is 6.06. The highest BCUT2D eigenvalue weighted by Gasteiger charge is 2.09. The molecule has 0 aliphatic rings. The van der Waals surface area contributed by atoms with Crippen molar-refractivity contribution in [1.82, 2.24) is 15.1 Å². The van der Waals surface area contributed by atoms with Crippen molar-refractivity contribution in [3.63, 3.8) is 0 Å². The number of nitrogens with one attached hydrogen (secondary N) is 1. The van der Waals surface area contributed by atoms with Gasteiger partial charge in [-0.25, -0.2) is 0 Å². The molecule has 0 aliphatic heterocycles. The minimum absolute atomic E-state index is 0.767. The van der Waals surface area contributed by atoms with E-state index in [0.717, 1.165) is 18.1 Å². The summed E-state index contributed by atoms with van der Waals surface area (Å²) < 4.78 is 1.82. The predicted octanol–water partition coefficient (Wildman–Crippen LogP) is 2.43. The number of anilines is 1. The fourth-order valence-electron chi connectivity index (χ4n) is 2.17. The van der Waals surface area contributed by atoms with E-state index in [0.29, 0.717) is 0 Å². The largest absolute Gasteiger partial charge is 0.370 e. The number of aromatic nitrogens is 2. The van der Waals surface area contributed by atoms with E-state index in [1.807, 2.05) is 43.3 Å². The van der Waals surface area contributed by atoms with Gasteiger partial charge in [-0.05, 0) is 30.8 Å². The van der Waals surface area contributed by atoms with E-state index < -0.39 is 0 Å². The van der Waals surface area contributed by atoms with Crippen LogP contribution in [0.4, 0.5) is 5.69 Å². The number of hydrogen-bond acceptors (Lipinski definition) is 3. The van der Waals surface area contributed by atoms with Crippen molar-refractivity contribution in [1.29, 1.82) is 0 Å². The van der Waals surface area contributed by atoms with Crippen LogP contribution in [0.5, 0.6) is 0 Å². The van der Waals surface area contributed by atoms with Crippen LogP contribution in [-0.4, -0.2) is 23.9 Å². The number of rotatable bonds is 5. The van der Waals surface area contributed by atoms with E-state index in [9.17, 15) is 0 Å². The Morgan fingerprint density at radius 3 is 2.84 bits per heavy atom. The second kappa shape index (κ2) is 6.08. The second-order valence-corrected chi connectivity index (χ2v) is 5.12. The van der Waals surface area contributed by atoms with Gasteiger partial charge in [-0.2, -0.15) is 5.10 Å². The van der Waals surface area contributed by atoms with Crippen molar-refractivity contribution in [2.24, 2.45) is 7.05 Å². The maximum atomic E-state index is 6.06. The fraction of sp³-hybridized carbons (Fsp3) is 0.357. The Labute approximate surface area is 119 Å². The Kier molecular flexibility index (Phi) is 4.45. The molecule has 4 nitrogen and oxygen atoms in total. The van der Waals surface area contributed by atoms with Crippen molar-refractivity contribution in [3.8, 4) is 0 Å². The topological polar surface area (TPSA) is 33.1 Å². The Hall–Kier alpha value is -1.52. The number of nitrogens with zero attached hydrogens (tertiary/aromatic N) is 3. The summed E-state index contributed by atoms with van der Waals surface area (Å²) in [6.07, 6.45) is 3.92. The summed E-state index contributed by atoms with van der Waals surface area (Å²) in [6, 6.07) is 5.99. The highest BCUT2D eigenvalue weighted by atomic mass is 35.5. The molecule has 1 N–H and O–H groups in total. The molecule has 0 radical (unpaired) electrons. The van der Waals surface area contributed by atoms with Crippen LogP contribution in [0.25, 0.3) is 0 Å². The zero-order valence-electron chi connectivity index (χ0n) is 11.5. The third-order valence-electron chi connectivity index (χ3n) is 3.00. The Morgan fingerprint density at radius 2 is 2.21 bits per heavy atom. The molecular weight excluding hydrogens is 260 g/mol. The van der Waals surface area contributed by atoms with E-state index in [4.69, 9.17) is 11.6 Å². The normalized spacial score (nSPS) is 10.7. The van der Waals surface area contributed by atoms with Crippen molar-refractivity contribution in [3.05, 3.63) is 46.7 Å². The van der Waals surface area contributed by atoms with E-state index >= 15 is 0 Å². The van der Waals surface area contributed by atoms with Gasteiger partial charge in [-0.3, -0.25) is 4.68 Å². The highest BCUT2D eigenvalue weighted by Crippen LogP contribution is 2.24. The van der Waals surface area contributed by atoms with Crippen LogP contribution < -0.4 is 10.2 Å². The van der Waals surface area contributed by atoms with Crippen molar-refractivity contribution in [2.75, 3.05) is 19.0 Å². The highest BCUT2D eigenvalue weighted by molar-refractivity contribution is 6.30. The smallest absolute Gasteiger partial charge is 0.0539 e. The first-order chi connectivity index (χ1) is 9.10. The Bertz CT molecular complexity index is 550. The van der Waals surface area contributed by atoms with Gasteiger partial charge in [0.1, 0.15) is 0 Å². The third-order valence-corrected chi connectivity index (χ3v) is 3.23. The summed E-state index contributed by atoms with van der Waals surface area (Å²) in [4.78, 5) is 2.21. The quantitative estimate of drug-likeness (QED) is 0.912. The molecule has 102 valence electrons. The molecule has 0 bridgehead atoms. The van der Waals surface area contributed by atoms with E-state index in [1.54, 1.807) is 0 Å². The molecule has 5 heteroatoms. The second-order valence-electron chi connectivity index (χ2n) is 4.68. The fourth-order valence-corrected chi connectivity index (χ4v) is 2.37. The van der Waals surface area contributed by atoms with Crippen LogP contribution >= 0.6 is 11.6 Å². The molecule has 0 amide bonds. The van der Waals surface area contributed by atoms with E-state index in [1.165, 1.54) is 16.8 Å². The molecule has 2 rings (SSSR count). The summed E-state index contributed by atoms with van der Waals surface area (Å²) >= 11 is 6.06. The molecule has 0 spiro atoms. The van der Waals surface area contributed by atoms with Crippen molar-refractivity contribution >= 4 is 17.3 Å². The summed E-state index contributed by atoms with van der Waals surface area (Å²) in [5.41, 5.74) is 3.57. The summed E-state index contributed by atoms with van der Waals surface area (Å²) in [5.74, 6) is 0. The van der Waals surface area contributed by atoms with Crippen LogP contribution in [0, 0.1) is 0 Å². The van der Waals surface area contributed by atoms with E-state index in [2.05, 4.69) is 28.4 Å². The number of aryl methyl sites for hydroxylation is 1. The van der Waals surface area contributed by atoms with Crippen molar-refractivity contribution < 1.29 is 0 Å². The van der Waals surface area contributed by atoms with E-state index in [-0.39, 0.29) is 0 Å². The molecule has 1 heterocycles. The zero-order valence-corrected chi connectivity index (χ0v) is 12.3. The lowest BCUT2D eigenvalue weighted by atomic mass is 10.1. The zero-order chi connectivity index (χ0) is 13.8. The third kappa shape index (κ3) is 3.49. The molecule has 1 aromatic heterocycles. The van der Waals surface area contributed by atoms with Crippen LogP contribution in [-0.2, 0) is 20.1 Å². The number of halogens is 1. The van der Waals surface area contributed by atoms with Crippen LogP contribution in [0.2, 0.25) is 5.02 Å². The molecule has 0 fully saturated rings.